The Labute approximate surface area is 264 Å². The van der Waals surface area contributed by atoms with E-state index < -0.39 is 17.0 Å². The van der Waals surface area contributed by atoms with E-state index in [0.29, 0.717) is 36.9 Å². The van der Waals surface area contributed by atoms with Gasteiger partial charge in [-0.15, -0.1) is 11.8 Å². The molecule has 0 bridgehead atoms. The molecule has 1 saturated heterocycles. The van der Waals surface area contributed by atoms with Crippen LogP contribution < -0.4 is 4.74 Å². The fourth-order valence-electron chi connectivity index (χ4n) is 5.25. The van der Waals surface area contributed by atoms with Crippen molar-refractivity contribution >= 4 is 46.3 Å². The normalized spacial score (nSPS) is 16.1. The molecule has 1 aliphatic heterocycles. The monoisotopic (exact) mass is 628 g/mol. The Morgan fingerprint density at radius 3 is 2.30 bits per heavy atom. The number of amides is 1. The molecule has 0 unspecified atom stereocenters. The predicted molar refractivity (Wildman–Crippen MR) is 175 cm³/mol. The van der Waals surface area contributed by atoms with E-state index in [1.165, 1.54) is 0 Å². The fourth-order valence-corrected chi connectivity index (χ4v) is 6.56. The zero-order chi connectivity index (χ0) is 31.7. The van der Waals surface area contributed by atoms with Gasteiger partial charge in [0.25, 0.3) is 0 Å². The third kappa shape index (κ3) is 8.42. The van der Waals surface area contributed by atoms with Gasteiger partial charge in [-0.2, -0.15) is 0 Å². The number of aliphatic carboxylic acids is 1. The number of carboxylic acids is 1. The van der Waals surface area contributed by atoms with Crippen molar-refractivity contribution in [3.8, 4) is 5.75 Å². The molecule has 1 aromatic heterocycles. The SMILES string of the molecule is CC(C)(C)OC(=O)N1CCC[C@H]1COc1ccc2c(c1)c(SC(C)(C)C)c(CC(C)(C)C(=O)O)n2Cc1ccc(Cl)cc1. The van der Waals surface area contributed by atoms with E-state index in [0.717, 1.165) is 39.9 Å². The molecule has 2 heterocycles. The Morgan fingerprint density at radius 2 is 1.70 bits per heavy atom. The van der Waals surface area contributed by atoms with Gasteiger partial charge in [-0.05, 0) is 83.4 Å². The molecular formula is C34H45ClN2O5S. The number of rotatable bonds is 9. The molecule has 3 aromatic rings. The molecule has 1 amide bonds. The van der Waals surface area contributed by atoms with Gasteiger partial charge in [0.1, 0.15) is 18.0 Å². The molecule has 4 rings (SSSR count). The number of hydrogen-bond acceptors (Lipinski definition) is 5. The summed E-state index contributed by atoms with van der Waals surface area (Å²) in [5.41, 5.74) is 1.56. The van der Waals surface area contributed by atoms with Gasteiger partial charge in [-0.25, -0.2) is 4.79 Å². The predicted octanol–water partition coefficient (Wildman–Crippen LogP) is 8.67. The van der Waals surface area contributed by atoms with Crippen LogP contribution in [0.25, 0.3) is 10.9 Å². The van der Waals surface area contributed by atoms with Crippen molar-refractivity contribution in [1.29, 1.82) is 0 Å². The van der Waals surface area contributed by atoms with Crippen molar-refractivity contribution < 1.29 is 24.2 Å². The zero-order valence-electron chi connectivity index (χ0n) is 26.6. The van der Waals surface area contributed by atoms with E-state index in [4.69, 9.17) is 21.1 Å². The van der Waals surface area contributed by atoms with Gasteiger partial charge in [0.15, 0.2) is 0 Å². The van der Waals surface area contributed by atoms with Gasteiger partial charge < -0.3 is 24.0 Å². The maximum absolute atomic E-state index is 12.8. The lowest BCUT2D eigenvalue weighted by Gasteiger charge is -2.28. The van der Waals surface area contributed by atoms with Crippen LogP contribution in [0.3, 0.4) is 0 Å². The minimum atomic E-state index is -0.966. The van der Waals surface area contributed by atoms with Crippen molar-refractivity contribution in [3.63, 3.8) is 0 Å². The topological polar surface area (TPSA) is 81.0 Å². The van der Waals surface area contributed by atoms with E-state index in [1.54, 1.807) is 30.5 Å². The van der Waals surface area contributed by atoms with E-state index in [2.05, 4.69) is 37.5 Å². The van der Waals surface area contributed by atoms with Gasteiger partial charge in [-0.3, -0.25) is 4.79 Å². The van der Waals surface area contributed by atoms with Gasteiger partial charge in [0, 0.05) is 50.8 Å². The summed E-state index contributed by atoms with van der Waals surface area (Å²) in [7, 11) is 0. The number of aromatic nitrogens is 1. The molecule has 9 heteroatoms. The number of hydrogen-bond donors (Lipinski definition) is 1. The van der Waals surface area contributed by atoms with E-state index in [-0.39, 0.29) is 16.9 Å². The van der Waals surface area contributed by atoms with Crippen LogP contribution in [0.15, 0.2) is 47.4 Å². The number of carboxylic acid groups (broad SMARTS) is 1. The summed E-state index contributed by atoms with van der Waals surface area (Å²) in [5.74, 6) is -0.121. The number of nitrogens with zero attached hydrogens (tertiary/aromatic N) is 2. The number of carbonyl (C=O) groups excluding carboxylic acids is 1. The van der Waals surface area contributed by atoms with Crippen LogP contribution in [0.4, 0.5) is 4.79 Å². The van der Waals surface area contributed by atoms with Crippen LogP contribution >= 0.6 is 23.4 Å². The van der Waals surface area contributed by atoms with E-state index in [9.17, 15) is 14.7 Å². The molecule has 1 aliphatic rings. The highest BCUT2D eigenvalue weighted by Crippen LogP contribution is 2.44. The average molecular weight is 629 g/mol. The second kappa shape index (κ2) is 12.6. The summed E-state index contributed by atoms with van der Waals surface area (Å²) >= 11 is 7.92. The first-order valence-electron chi connectivity index (χ1n) is 14.9. The number of halogens is 1. The minimum absolute atomic E-state index is 0.0598. The Bertz CT molecular complexity index is 1470. The molecule has 1 fully saturated rings. The lowest BCUT2D eigenvalue weighted by atomic mass is 9.88. The molecule has 43 heavy (non-hydrogen) atoms. The van der Waals surface area contributed by atoms with Crippen molar-refractivity contribution in [1.82, 2.24) is 9.47 Å². The molecule has 1 N–H and O–H groups in total. The molecule has 0 aliphatic carbocycles. The molecule has 7 nitrogen and oxygen atoms in total. The number of fused-ring (bicyclic) bond motifs is 1. The van der Waals surface area contributed by atoms with Crippen LogP contribution in [0.1, 0.15) is 79.5 Å². The van der Waals surface area contributed by atoms with Crippen molar-refractivity contribution in [3.05, 3.63) is 58.7 Å². The Kier molecular flexibility index (Phi) is 9.72. The summed E-state index contributed by atoms with van der Waals surface area (Å²) in [5, 5.41) is 11.8. The van der Waals surface area contributed by atoms with Crippen LogP contribution in [-0.2, 0) is 22.5 Å². The minimum Gasteiger partial charge on any atom is -0.491 e. The summed E-state index contributed by atoms with van der Waals surface area (Å²) in [6, 6.07) is 13.8. The largest absolute Gasteiger partial charge is 0.491 e. The molecular weight excluding hydrogens is 584 g/mol. The summed E-state index contributed by atoms with van der Waals surface area (Å²) in [6.07, 6.45) is 1.84. The smallest absolute Gasteiger partial charge is 0.410 e. The Morgan fingerprint density at radius 1 is 1.02 bits per heavy atom. The quantitative estimate of drug-likeness (QED) is 0.239. The zero-order valence-corrected chi connectivity index (χ0v) is 28.2. The van der Waals surface area contributed by atoms with Crippen molar-refractivity contribution in [2.24, 2.45) is 5.41 Å². The standard InChI is InChI=1S/C34H45ClN2O5S/c1-32(2,3)42-31(40)36-17-9-10-24(36)21-41-25-15-16-27-26(18-25)29(43-33(4,5)6)28(19-34(7,8)30(38)39)37(27)20-22-11-13-23(35)14-12-22/h11-16,18,24H,9-10,17,19-21H2,1-8H3,(H,38,39)/t24-/m0/s1. The number of benzene rings is 2. The first-order valence-corrected chi connectivity index (χ1v) is 16.1. The lowest BCUT2D eigenvalue weighted by Crippen LogP contribution is -2.42. The highest BCUT2D eigenvalue weighted by Gasteiger charge is 2.34. The van der Waals surface area contributed by atoms with Gasteiger partial charge in [-0.1, -0.05) is 44.5 Å². The van der Waals surface area contributed by atoms with E-state index >= 15 is 0 Å². The molecule has 1 atom stereocenters. The van der Waals surface area contributed by atoms with Crippen LogP contribution in [0.5, 0.6) is 5.75 Å². The Hall–Kier alpha value is -2.84. The molecule has 0 radical (unpaired) electrons. The van der Waals surface area contributed by atoms with Gasteiger partial charge >= 0.3 is 12.1 Å². The average Bonchev–Trinajstić information content (AvgIpc) is 3.46. The van der Waals surface area contributed by atoms with Gasteiger partial charge in [0.05, 0.1) is 11.5 Å². The molecule has 0 saturated carbocycles. The Balaban J connectivity index is 1.73. The lowest BCUT2D eigenvalue weighted by molar-refractivity contribution is -0.146. The number of ether oxygens (including phenoxy) is 2. The summed E-state index contributed by atoms with van der Waals surface area (Å²) in [6.45, 7) is 17.3. The molecule has 2 aromatic carbocycles. The third-order valence-electron chi connectivity index (χ3n) is 7.39. The first kappa shape index (κ1) is 33.1. The van der Waals surface area contributed by atoms with E-state index in [1.807, 2.05) is 51.1 Å². The maximum Gasteiger partial charge on any atom is 0.410 e. The van der Waals surface area contributed by atoms with Crippen molar-refractivity contribution in [2.45, 2.75) is 102 Å². The summed E-state index contributed by atoms with van der Waals surface area (Å²) < 4.78 is 14.1. The maximum atomic E-state index is 12.8. The number of likely N-dealkylation sites (tertiary alicyclic amines) is 1. The van der Waals surface area contributed by atoms with Crippen molar-refractivity contribution in [2.75, 3.05) is 13.2 Å². The fraction of sp³-hybridized carbons (Fsp3) is 0.529. The molecule has 0 spiro atoms. The van der Waals surface area contributed by atoms with Crippen LogP contribution in [0, 0.1) is 5.41 Å². The highest BCUT2D eigenvalue weighted by molar-refractivity contribution is 8.00. The summed E-state index contributed by atoms with van der Waals surface area (Å²) in [4.78, 5) is 27.9. The first-order chi connectivity index (χ1) is 19.9. The number of thioether (sulfide) groups is 1. The van der Waals surface area contributed by atoms with Crippen LogP contribution in [0.2, 0.25) is 5.02 Å². The third-order valence-corrected chi connectivity index (χ3v) is 8.91. The number of carbonyl (C=O) groups is 2. The molecule has 234 valence electrons. The second-order valence-corrected chi connectivity index (χ2v) is 16.3. The van der Waals surface area contributed by atoms with Gasteiger partial charge in [0.2, 0.25) is 0 Å². The second-order valence-electron chi connectivity index (χ2n) is 14.0. The van der Waals surface area contributed by atoms with Crippen LogP contribution in [-0.4, -0.2) is 56.2 Å². The highest BCUT2D eigenvalue weighted by atomic mass is 35.5.